The molecule has 0 bridgehead atoms. The zero-order valence-corrected chi connectivity index (χ0v) is 11.9. The van der Waals surface area contributed by atoms with E-state index in [9.17, 15) is 0 Å². The summed E-state index contributed by atoms with van der Waals surface area (Å²) >= 11 is 0. The average Bonchev–Trinajstić information content (AvgIpc) is 2.94. The molecule has 0 radical (unpaired) electrons. The van der Waals surface area contributed by atoms with Crippen molar-refractivity contribution in [2.45, 2.75) is 39.2 Å². The second kappa shape index (κ2) is 6.48. The minimum Gasteiger partial charge on any atom is -0.305 e. The Morgan fingerprint density at radius 2 is 1.84 bits per heavy atom. The Morgan fingerprint density at radius 3 is 2.37 bits per heavy atom. The lowest BCUT2D eigenvalue weighted by Crippen LogP contribution is -2.23. The normalized spacial score (nSPS) is 12.8. The van der Waals surface area contributed by atoms with E-state index in [1.165, 1.54) is 11.1 Å². The first kappa shape index (κ1) is 13.7. The Kier molecular flexibility index (Phi) is 4.68. The number of benzene rings is 1. The lowest BCUT2D eigenvalue weighted by Gasteiger charge is -2.17. The Morgan fingerprint density at radius 1 is 1.16 bits per heavy atom. The van der Waals surface area contributed by atoms with E-state index in [0.29, 0.717) is 5.92 Å². The maximum atomic E-state index is 4.20. The van der Waals surface area contributed by atoms with E-state index in [1.54, 1.807) is 6.20 Å². The standard InChI is InChI=1S/C15H22N4/c1-4-9-16-15(14-10-17-19-18-14)13-7-5-12(6-8-13)11(2)3/h5-8,10-11,15-16H,4,9H2,1-3H3,(H,17,18,19). The van der Waals surface area contributed by atoms with Gasteiger partial charge in [0, 0.05) is 0 Å². The third-order valence-corrected chi connectivity index (χ3v) is 3.26. The fourth-order valence-corrected chi connectivity index (χ4v) is 2.10. The van der Waals surface area contributed by atoms with Gasteiger partial charge in [0.25, 0.3) is 0 Å². The zero-order valence-electron chi connectivity index (χ0n) is 11.9. The molecule has 0 saturated heterocycles. The van der Waals surface area contributed by atoms with Gasteiger partial charge in [-0.2, -0.15) is 15.4 Å². The highest BCUT2D eigenvalue weighted by Crippen LogP contribution is 2.22. The SMILES string of the molecule is CCCNC(c1ccc(C(C)C)cc1)c1cn[nH]n1. The van der Waals surface area contributed by atoms with Crippen molar-refractivity contribution in [3.63, 3.8) is 0 Å². The summed E-state index contributed by atoms with van der Waals surface area (Å²) < 4.78 is 0. The summed E-state index contributed by atoms with van der Waals surface area (Å²) in [6.07, 6.45) is 2.88. The van der Waals surface area contributed by atoms with Crippen LogP contribution in [0, 0.1) is 0 Å². The van der Waals surface area contributed by atoms with E-state index in [0.717, 1.165) is 18.7 Å². The van der Waals surface area contributed by atoms with Crippen LogP contribution in [0.2, 0.25) is 0 Å². The molecule has 2 N–H and O–H groups in total. The second-order valence-corrected chi connectivity index (χ2v) is 5.10. The third-order valence-electron chi connectivity index (χ3n) is 3.26. The quantitative estimate of drug-likeness (QED) is 0.837. The molecule has 0 amide bonds. The zero-order chi connectivity index (χ0) is 13.7. The highest BCUT2D eigenvalue weighted by atomic mass is 15.3. The molecule has 0 aliphatic heterocycles. The molecule has 1 aromatic carbocycles. The van der Waals surface area contributed by atoms with E-state index in [4.69, 9.17) is 0 Å². The number of aromatic amines is 1. The number of rotatable bonds is 6. The maximum absolute atomic E-state index is 4.20. The van der Waals surface area contributed by atoms with Gasteiger partial charge in [0.1, 0.15) is 5.69 Å². The number of H-pyrrole nitrogens is 1. The summed E-state index contributed by atoms with van der Waals surface area (Å²) in [5, 5.41) is 14.3. The van der Waals surface area contributed by atoms with Gasteiger partial charge in [-0.1, -0.05) is 45.0 Å². The largest absolute Gasteiger partial charge is 0.305 e. The molecule has 0 aliphatic carbocycles. The fraction of sp³-hybridized carbons (Fsp3) is 0.467. The lowest BCUT2D eigenvalue weighted by molar-refractivity contribution is 0.585. The van der Waals surface area contributed by atoms with Crippen molar-refractivity contribution in [3.8, 4) is 0 Å². The summed E-state index contributed by atoms with van der Waals surface area (Å²) in [6.45, 7) is 7.54. The summed E-state index contributed by atoms with van der Waals surface area (Å²) in [6, 6.07) is 8.86. The van der Waals surface area contributed by atoms with E-state index in [1.807, 2.05) is 0 Å². The van der Waals surface area contributed by atoms with E-state index in [-0.39, 0.29) is 6.04 Å². The predicted molar refractivity (Wildman–Crippen MR) is 77.1 cm³/mol. The van der Waals surface area contributed by atoms with Crippen LogP contribution in [-0.2, 0) is 0 Å². The van der Waals surface area contributed by atoms with Crippen LogP contribution in [0.4, 0.5) is 0 Å². The Bertz CT molecular complexity index is 473. The first-order valence-corrected chi connectivity index (χ1v) is 6.91. The summed E-state index contributed by atoms with van der Waals surface area (Å²) in [5.74, 6) is 0.558. The molecule has 0 saturated carbocycles. The van der Waals surface area contributed by atoms with Gasteiger partial charge in [0.05, 0.1) is 12.2 Å². The van der Waals surface area contributed by atoms with Crippen molar-refractivity contribution in [1.29, 1.82) is 0 Å². The Labute approximate surface area is 114 Å². The molecule has 2 aromatic rings. The van der Waals surface area contributed by atoms with Crippen LogP contribution in [0.1, 0.15) is 56.0 Å². The summed E-state index contributed by atoms with van der Waals surface area (Å²) in [4.78, 5) is 0. The van der Waals surface area contributed by atoms with Crippen molar-refractivity contribution in [3.05, 3.63) is 47.3 Å². The molecule has 0 aliphatic rings. The van der Waals surface area contributed by atoms with Crippen molar-refractivity contribution >= 4 is 0 Å². The topological polar surface area (TPSA) is 53.6 Å². The summed E-state index contributed by atoms with van der Waals surface area (Å²) in [7, 11) is 0. The van der Waals surface area contributed by atoms with Gasteiger partial charge in [0.15, 0.2) is 0 Å². The molecule has 0 spiro atoms. The van der Waals surface area contributed by atoms with Crippen LogP contribution in [0.25, 0.3) is 0 Å². The number of nitrogens with zero attached hydrogens (tertiary/aromatic N) is 2. The molecule has 2 rings (SSSR count). The van der Waals surface area contributed by atoms with Crippen molar-refractivity contribution in [2.24, 2.45) is 0 Å². The average molecular weight is 258 g/mol. The molecule has 0 fully saturated rings. The highest BCUT2D eigenvalue weighted by molar-refractivity contribution is 5.30. The first-order valence-electron chi connectivity index (χ1n) is 6.91. The molecular formula is C15H22N4. The van der Waals surface area contributed by atoms with Crippen LogP contribution in [0.5, 0.6) is 0 Å². The fourth-order valence-electron chi connectivity index (χ4n) is 2.10. The Balaban J connectivity index is 2.22. The molecule has 4 nitrogen and oxygen atoms in total. The molecule has 1 atom stereocenters. The minimum atomic E-state index is 0.111. The van der Waals surface area contributed by atoms with Crippen molar-refractivity contribution in [2.75, 3.05) is 6.54 Å². The van der Waals surface area contributed by atoms with Crippen LogP contribution in [0.3, 0.4) is 0 Å². The first-order chi connectivity index (χ1) is 9.22. The highest BCUT2D eigenvalue weighted by Gasteiger charge is 2.15. The molecule has 19 heavy (non-hydrogen) atoms. The van der Waals surface area contributed by atoms with Crippen molar-refractivity contribution in [1.82, 2.24) is 20.7 Å². The molecule has 1 unspecified atom stereocenters. The monoisotopic (exact) mass is 258 g/mol. The van der Waals surface area contributed by atoms with Gasteiger partial charge in [-0.3, -0.25) is 0 Å². The minimum absolute atomic E-state index is 0.111. The van der Waals surface area contributed by atoms with Gasteiger partial charge in [-0.25, -0.2) is 0 Å². The Hall–Kier alpha value is -1.68. The van der Waals surface area contributed by atoms with Crippen LogP contribution in [0.15, 0.2) is 30.5 Å². The van der Waals surface area contributed by atoms with Crippen LogP contribution >= 0.6 is 0 Å². The smallest absolute Gasteiger partial charge is 0.104 e. The molecule has 1 aromatic heterocycles. The third kappa shape index (κ3) is 3.41. The molecular weight excluding hydrogens is 236 g/mol. The van der Waals surface area contributed by atoms with Crippen molar-refractivity contribution < 1.29 is 0 Å². The van der Waals surface area contributed by atoms with E-state index in [2.05, 4.69) is 65.8 Å². The second-order valence-electron chi connectivity index (χ2n) is 5.10. The summed E-state index contributed by atoms with van der Waals surface area (Å²) in [5.41, 5.74) is 3.52. The van der Waals surface area contributed by atoms with Gasteiger partial charge >= 0.3 is 0 Å². The van der Waals surface area contributed by atoms with Gasteiger partial charge in [-0.15, -0.1) is 0 Å². The van der Waals surface area contributed by atoms with E-state index < -0.39 is 0 Å². The van der Waals surface area contributed by atoms with Gasteiger partial charge < -0.3 is 5.32 Å². The molecule has 4 heteroatoms. The van der Waals surface area contributed by atoms with E-state index >= 15 is 0 Å². The maximum Gasteiger partial charge on any atom is 0.104 e. The van der Waals surface area contributed by atoms with Crippen LogP contribution in [-0.4, -0.2) is 22.0 Å². The number of nitrogens with one attached hydrogen (secondary N) is 2. The number of hydrogen-bond donors (Lipinski definition) is 2. The lowest BCUT2D eigenvalue weighted by atomic mass is 9.98. The number of aromatic nitrogens is 3. The van der Waals surface area contributed by atoms with Gasteiger partial charge in [-0.05, 0) is 30.0 Å². The predicted octanol–water partition coefficient (Wildman–Crippen LogP) is 3.02. The molecule has 102 valence electrons. The molecule has 1 heterocycles. The van der Waals surface area contributed by atoms with Crippen LogP contribution < -0.4 is 5.32 Å². The van der Waals surface area contributed by atoms with Gasteiger partial charge in [0.2, 0.25) is 0 Å². The number of hydrogen-bond acceptors (Lipinski definition) is 3.